The van der Waals surface area contributed by atoms with Crippen LogP contribution >= 0.6 is 0 Å². The average molecular weight is 218 g/mol. The average Bonchev–Trinajstić information content (AvgIpc) is 2.64. The van der Waals surface area contributed by atoms with Crippen molar-refractivity contribution in [2.75, 3.05) is 0 Å². The maximum Gasteiger partial charge on any atom is 0.253 e. The number of rotatable bonds is 2. The van der Waals surface area contributed by atoms with Gasteiger partial charge in [0, 0.05) is 18.4 Å². The van der Waals surface area contributed by atoms with Crippen molar-refractivity contribution in [2.24, 2.45) is 5.92 Å². The molecule has 1 aliphatic carbocycles. The Balaban J connectivity index is 1.98. The number of hydrogen-bond acceptors (Lipinski definition) is 2. The van der Waals surface area contributed by atoms with Gasteiger partial charge in [-0.1, -0.05) is 6.92 Å². The topological polar surface area (TPSA) is 42.0 Å². The number of carbonyl (C=O) groups is 1. The third kappa shape index (κ3) is 2.60. The molecule has 1 aromatic rings. The van der Waals surface area contributed by atoms with Crippen molar-refractivity contribution in [1.29, 1.82) is 0 Å². The van der Waals surface area contributed by atoms with Gasteiger partial charge in [0.1, 0.15) is 0 Å². The Labute approximate surface area is 96.3 Å². The molecule has 2 rings (SSSR count). The van der Waals surface area contributed by atoms with Crippen LogP contribution in [0.15, 0.2) is 18.5 Å². The highest BCUT2D eigenvalue weighted by Crippen LogP contribution is 2.24. The molecule has 1 fully saturated rings. The third-order valence-electron chi connectivity index (χ3n) is 3.17. The summed E-state index contributed by atoms with van der Waals surface area (Å²) in [4.78, 5) is 15.9. The first-order chi connectivity index (χ1) is 7.65. The summed E-state index contributed by atoms with van der Waals surface area (Å²) in [5, 5.41) is 3.07. The largest absolute Gasteiger partial charge is 0.349 e. The van der Waals surface area contributed by atoms with Gasteiger partial charge in [0.2, 0.25) is 0 Å². The van der Waals surface area contributed by atoms with Crippen molar-refractivity contribution < 1.29 is 4.79 Å². The number of amides is 1. The van der Waals surface area contributed by atoms with E-state index in [0.717, 1.165) is 24.3 Å². The van der Waals surface area contributed by atoms with E-state index in [0.29, 0.717) is 11.6 Å². The molecule has 3 nitrogen and oxygen atoms in total. The van der Waals surface area contributed by atoms with Gasteiger partial charge in [0.15, 0.2) is 0 Å². The lowest BCUT2D eigenvalue weighted by Crippen LogP contribution is -2.32. The quantitative estimate of drug-likeness (QED) is 0.827. The van der Waals surface area contributed by atoms with E-state index in [4.69, 9.17) is 0 Å². The fourth-order valence-electron chi connectivity index (χ4n) is 2.29. The van der Waals surface area contributed by atoms with E-state index in [2.05, 4.69) is 17.2 Å². The van der Waals surface area contributed by atoms with Crippen molar-refractivity contribution in [2.45, 2.75) is 39.2 Å². The lowest BCUT2D eigenvalue weighted by Gasteiger charge is -2.12. The molecule has 0 aromatic carbocycles. The molecule has 1 N–H and O–H groups in total. The second-order valence-electron chi connectivity index (χ2n) is 4.84. The second-order valence-corrected chi connectivity index (χ2v) is 4.84. The van der Waals surface area contributed by atoms with Crippen molar-refractivity contribution in [3.63, 3.8) is 0 Å². The SMILES string of the molecule is Cc1cncc(C(=O)NC2CCC(C)C2)c1. The van der Waals surface area contributed by atoms with Gasteiger partial charge in [-0.2, -0.15) is 0 Å². The summed E-state index contributed by atoms with van der Waals surface area (Å²) in [5.74, 6) is 0.747. The zero-order valence-electron chi connectivity index (χ0n) is 9.86. The van der Waals surface area contributed by atoms with Crippen molar-refractivity contribution in [3.8, 4) is 0 Å². The summed E-state index contributed by atoms with van der Waals surface area (Å²) in [5.41, 5.74) is 1.69. The van der Waals surface area contributed by atoms with Crippen molar-refractivity contribution in [3.05, 3.63) is 29.6 Å². The predicted molar refractivity (Wildman–Crippen MR) is 63.2 cm³/mol. The molecule has 2 unspecified atom stereocenters. The van der Waals surface area contributed by atoms with Gasteiger partial charge in [0.05, 0.1) is 5.56 Å². The van der Waals surface area contributed by atoms with Crippen LogP contribution in [0.5, 0.6) is 0 Å². The Morgan fingerprint density at radius 1 is 1.44 bits per heavy atom. The zero-order chi connectivity index (χ0) is 11.5. The molecule has 1 saturated carbocycles. The fraction of sp³-hybridized carbons (Fsp3) is 0.538. The summed E-state index contributed by atoms with van der Waals surface area (Å²) in [6, 6.07) is 2.23. The summed E-state index contributed by atoms with van der Waals surface area (Å²) in [6.07, 6.45) is 6.81. The van der Waals surface area contributed by atoms with Crippen LogP contribution in [0.1, 0.15) is 42.1 Å². The van der Waals surface area contributed by atoms with Crippen LogP contribution < -0.4 is 5.32 Å². The van der Waals surface area contributed by atoms with Gasteiger partial charge in [-0.15, -0.1) is 0 Å². The maximum atomic E-state index is 11.9. The highest BCUT2D eigenvalue weighted by molar-refractivity contribution is 5.94. The smallest absolute Gasteiger partial charge is 0.253 e. The van der Waals surface area contributed by atoms with Gasteiger partial charge >= 0.3 is 0 Å². The number of nitrogens with one attached hydrogen (secondary N) is 1. The monoisotopic (exact) mass is 218 g/mol. The first-order valence-corrected chi connectivity index (χ1v) is 5.87. The Morgan fingerprint density at radius 3 is 2.88 bits per heavy atom. The van der Waals surface area contributed by atoms with E-state index in [-0.39, 0.29) is 5.91 Å². The lowest BCUT2D eigenvalue weighted by molar-refractivity contribution is 0.0937. The summed E-state index contributed by atoms with van der Waals surface area (Å²) in [6.45, 7) is 4.18. The van der Waals surface area contributed by atoms with Crippen molar-refractivity contribution >= 4 is 5.91 Å². The maximum absolute atomic E-state index is 11.9. The van der Waals surface area contributed by atoms with Gasteiger partial charge in [0.25, 0.3) is 5.91 Å². The fourth-order valence-corrected chi connectivity index (χ4v) is 2.29. The molecule has 0 saturated heterocycles. The number of hydrogen-bond donors (Lipinski definition) is 1. The van der Waals surface area contributed by atoms with E-state index in [1.165, 1.54) is 6.42 Å². The van der Waals surface area contributed by atoms with Gasteiger partial charge < -0.3 is 5.32 Å². The Kier molecular flexibility index (Phi) is 3.22. The van der Waals surface area contributed by atoms with Crippen LogP contribution in [-0.2, 0) is 0 Å². The third-order valence-corrected chi connectivity index (χ3v) is 3.17. The molecular formula is C13H18N2O. The van der Waals surface area contributed by atoms with Crippen LogP contribution in [0.25, 0.3) is 0 Å². The van der Waals surface area contributed by atoms with Gasteiger partial charge in [-0.25, -0.2) is 0 Å². The molecule has 0 radical (unpaired) electrons. The van der Waals surface area contributed by atoms with E-state index in [1.807, 2.05) is 13.0 Å². The highest BCUT2D eigenvalue weighted by atomic mass is 16.1. The number of nitrogens with zero attached hydrogens (tertiary/aromatic N) is 1. The van der Waals surface area contributed by atoms with Gasteiger partial charge in [-0.05, 0) is 43.7 Å². The number of pyridine rings is 1. The van der Waals surface area contributed by atoms with Crippen LogP contribution in [0.4, 0.5) is 0 Å². The standard InChI is InChI=1S/C13H18N2O/c1-9-3-4-12(6-9)15-13(16)11-5-10(2)7-14-8-11/h5,7-9,12H,3-4,6H2,1-2H3,(H,15,16). The molecule has 86 valence electrons. The van der Waals surface area contributed by atoms with Crippen LogP contribution in [0, 0.1) is 12.8 Å². The number of aromatic nitrogens is 1. The molecule has 1 aliphatic rings. The molecule has 0 bridgehead atoms. The minimum Gasteiger partial charge on any atom is -0.349 e. The highest BCUT2D eigenvalue weighted by Gasteiger charge is 2.23. The summed E-state index contributed by atoms with van der Waals surface area (Å²) >= 11 is 0. The van der Waals surface area contributed by atoms with E-state index in [9.17, 15) is 4.79 Å². The predicted octanol–water partition coefficient (Wildman–Crippen LogP) is 2.31. The van der Waals surface area contributed by atoms with Gasteiger partial charge in [-0.3, -0.25) is 9.78 Å². The number of carbonyl (C=O) groups excluding carboxylic acids is 1. The van der Waals surface area contributed by atoms with E-state index in [1.54, 1.807) is 12.4 Å². The molecule has 16 heavy (non-hydrogen) atoms. The Bertz CT molecular complexity index is 389. The summed E-state index contributed by atoms with van der Waals surface area (Å²) in [7, 11) is 0. The zero-order valence-corrected chi connectivity index (χ0v) is 9.86. The molecule has 1 amide bonds. The molecule has 3 heteroatoms. The van der Waals surface area contributed by atoms with Crippen molar-refractivity contribution in [1.82, 2.24) is 10.3 Å². The molecule has 1 heterocycles. The molecule has 0 aliphatic heterocycles. The minimum absolute atomic E-state index is 0.00954. The van der Waals surface area contributed by atoms with Crippen LogP contribution in [-0.4, -0.2) is 16.9 Å². The summed E-state index contributed by atoms with van der Waals surface area (Å²) < 4.78 is 0. The molecule has 0 spiro atoms. The number of aryl methyl sites for hydroxylation is 1. The normalized spacial score (nSPS) is 24.4. The Hall–Kier alpha value is -1.38. The lowest BCUT2D eigenvalue weighted by atomic mass is 10.1. The van der Waals surface area contributed by atoms with Crippen LogP contribution in [0.2, 0.25) is 0 Å². The molecule has 2 atom stereocenters. The second kappa shape index (κ2) is 4.64. The molecule has 1 aromatic heterocycles. The van der Waals surface area contributed by atoms with E-state index >= 15 is 0 Å². The molecular weight excluding hydrogens is 200 g/mol. The minimum atomic E-state index is 0.00954. The van der Waals surface area contributed by atoms with Crippen LogP contribution in [0.3, 0.4) is 0 Å². The van der Waals surface area contributed by atoms with E-state index < -0.39 is 0 Å². The first kappa shape index (κ1) is 11.1. The first-order valence-electron chi connectivity index (χ1n) is 5.87. The Morgan fingerprint density at radius 2 is 2.25 bits per heavy atom.